The average Bonchev–Trinajstić information content (AvgIpc) is 2.70. The van der Waals surface area contributed by atoms with Crippen molar-refractivity contribution in [1.29, 1.82) is 0 Å². The van der Waals surface area contributed by atoms with Crippen LogP contribution in [0.5, 0.6) is 11.5 Å². The lowest BCUT2D eigenvalue weighted by molar-refractivity contribution is -0.147. The zero-order valence-corrected chi connectivity index (χ0v) is 16.1. The first-order valence-electron chi connectivity index (χ1n) is 8.69. The van der Waals surface area contributed by atoms with E-state index in [-0.39, 0.29) is 18.6 Å². The van der Waals surface area contributed by atoms with Crippen LogP contribution in [0, 0.1) is 6.92 Å². The summed E-state index contributed by atoms with van der Waals surface area (Å²) in [4.78, 5) is 35.8. The minimum absolute atomic E-state index is 0.0244. The molecule has 0 aliphatic rings. The molecule has 0 aromatic heterocycles. The number of ether oxygens (including phenoxy) is 3. The van der Waals surface area contributed by atoms with E-state index < -0.39 is 18.5 Å². The van der Waals surface area contributed by atoms with Gasteiger partial charge in [0.1, 0.15) is 11.5 Å². The lowest BCUT2D eigenvalue weighted by Crippen LogP contribution is -2.21. The van der Waals surface area contributed by atoms with Crippen LogP contribution < -0.4 is 14.8 Å². The standard InChI is InChI=1S/C21H23NO6/c1-14-4-6-15(7-5-14)19(23)8-9-21(25)28-13-20(24)22-16-10-17(26-2)12-18(11-16)27-3/h4-7,10-12H,8-9,13H2,1-3H3,(H,22,24). The van der Waals surface area contributed by atoms with Gasteiger partial charge in [0.15, 0.2) is 12.4 Å². The third-order valence-corrected chi connectivity index (χ3v) is 3.93. The molecule has 0 saturated carbocycles. The maximum atomic E-state index is 12.0. The molecule has 1 N–H and O–H groups in total. The van der Waals surface area contributed by atoms with E-state index in [9.17, 15) is 14.4 Å². The van der Waals surface area contributed by atoms with E-state index in [1.54, 1.807) is 30.3 Å². The minimum atomic E-state index is -0.612. The van der Waals surface area contributed by atoms with Crippen molar-refractivity contribution in [3.63, 3.8) is 0 Å². The van der Waals surface area contributed by atoms with Gasteiger partial charge in [-0.15, -0.1) is 0 Å². The number of rotatable bonds is 9. The SMILES string of the molecule is COc1cc(NC(=O)COC(=O)CCC(=O)c2ccc(C)cc2)cc(OC)c1. The van der Waals surface area contributed by atoms with E-state index in [0.29, 0.717) is 22.7 Å². The summed E-state index contributed by atoms with van der Waals surface area (Å²) in [7, 11) is 3.00. The number of Topliss-reactive ketones (excluding diaryl/α,β-unsaturated/α-hetero) is 1. The summed E-state index contributed by atoms with van der Waals surface area (Å²) in [5.41, 5.74) is 2.05. The molecular weight excluding hydrogens is 362 g/mol. The lowest BCUT2D eigenvalue weighted by Gasteiger charge is -2.10. The third kappa shape index (κ3) is 6.42. The average molecular weight is 385 g/mol. The number of nitrogens with one attached hydrogen (secondary N) is 1. The van der Waals surface area contributed by atoms with E-state index in [1.807, 2.05) is 19.1 Å². The normalized spacial score (nSPS) is 10.1. The molecule has 1 amide bonds. The number of amides is 1. The fraction of sp³-hybridized carbons (Fsp3) is 0.286. The number of carbonyl (C=O) groups is 3. The molecule has 7 heteroatoms. The molecule has 0 radical (unpaired) electrons. The Kier molecular flexibility index (Phi) is 7.56. The number of hydrogen-bond acceptors (Lipinski definition) is 6. The Balaban J connectivity index is 1.78. The van der Waals surface area contributed by atoms with Crippen molar-refractivity contribution >= 4 is 23.3 Å². The highest BCUT2D eigenvalue weighted by Crippen LogP contribution is 2.25. The molecule has 2 aromatic carbocycles. The smallest absolute Gasteiger partial charge is 0.306 e. The summed E-state index contributed by atoms with van der Waals surface area (Å²) >= 11 is 0. The first-order chi connectivity index (χ1) is 13.4. The monoisotopic (exact) mass is 385 g/mol. The van der Waals surface area contributed by atoms with Gasteiger partial charge in [0.05, 0.1) is 20.6 Å². The van der Waals surface area contributed by atoms with Crippen LogP contribution in [0.3, 0.4) is 0 Å². The van der Waals surface area contributed by atoms with Gasteiger partial charge in [-0.2, -0.15) is 0 Å². The number of hydrogen-bond donors (Lipinski definition) is 1. The zero-order chi connectivity index (χ0) is 20.5. The van der Waals surface area contributed by atoms with Gasteiger partial charge in [-0.25, -0.2) is 0 Å². The number of ketones is 1. The maximum absolute atomic E-state index is 12.0. The summed E-state index contributed by atoms with van der Waals surface area (Å²) in [6.07, 6.45) is -0.0659. The number of esters is 1. The predicted octanol–water partition coefficient (Wildman–Crippen LogP) is 3.16. The van der Waals surface area contributed by atoms with Gasteiger partial charge >= 0.3 is 5.97 Å². The largest absolute Gasteiger partial charge is 0.497 e. The molecule has 0 heterocycles. The Labute approximate surface area is 163 Å². The Hall–Kier alpha value is -3.35. The molecule has 0 aliphatic carbocycles. The van der Waals surface area contributed by atoms with Crippen molar-refractivity contribution < 1.29 is 28.6 Å². The molecule has 0 spiro atoms. The molecule has 2 rings (SSSR count). The van der Waals surface area contributed by atoms with Crippen molar-refractivity contribution in [2.24, 2.45) is 0 Å². The van der Waals surface area contributed by atoms with E-state index >= 15 is 0 Å². The van der Waals surface area contributed by atoms with Crippen LogP contribution in [0.15, 0.2) is 42.5 Å². The van der Waals surface area contributed by atoms with Gasteiger partial charge < -0.3 is 19.5 Å². The molecule has 0 bridgehead atoms. The summed E-state index contributed by atoms with van der Waals surface area (Å²) in [6.45, 7) is 1.48. The predicted molar refractivity (Wildman–Crippen MR) is 104 cm³/mol. The first kappa shape index (κ1) is 21.0. The molecule has 148 valence electrons. The van der Waals surface area contributed by atoms with E-state index in [0.717, 1.165) is 5.56 Å². The van der Waals surface area contributed by atoms with Gasteiger partial charge in [0.2, 0.25) is 0 Å². The molecular formula is C21H23NO6. The third-order valence-electron chi connectivity index (χ3n) is 3.93. The van der Waals surface area contributed by atoms with Gasteiger partial charge in [0.25, 0.3) is 5.91 Å². The Morgan fingerprint density at radius 2 is 1.50 bits per heavy atom. The molecule has 0 aliphatic heterocycles. The molecule has 0 saturated heterocycles. The van der Waals surface area contributed by atoms with Crippen molar-refractivity contribution in [2.45, 2.75) is 19.8 Å². The quantitative estimate of drug-likeness (QED) is 0.527. The number of benzene rings is 2. The fourth-order valence-electron chi connectivity index (χ4n) is 2.39. The second-order valence-electron chi connectivity index (χ2n) is 6.10. The zero-order valence-electron chi connectivity index (χ0n) is 16.1. The fourth-order valence-corrected chi connectivity index (χ4v) is 2.39. The number of aryl methyl sites for hydroxylation is 1. The van der Waals surface area contributed by atoms with Crippen molar-refractivity contribution in [1.82, 2.24) is 0 Å². The number of anilines is 1. The van der Waals surface area contributed by atoms with Crippen LogP contribution in [0.2, 0.25) is 0 Å². The molecule has 0 atom stereocenters. The van der Waals surface area contributed by atoms with Crippen LogP contribution in [0.4, 0.5) is 5.69 Å². The van der Waals surface area contributed by atoms with E-state index in [2.05, 4.69) is 5.32 Å². The van der Waals surface area contributed by atoms with Crippen LogP contribution in [-0.4, -0.2) is 38.5 Å². The van der Waals surface area contributed by atoms with Crippen molar-refractivity contribution in [3.05, 3.63) is 53.6 Å². The summed E-state index contributed by atoms with van der Waals surface area (Å²) in [5, 5.41) is 2.60. The number of methoxy groups -OCH3 is 2. The lowest BCUT2D eigenvalue weighted by atomic mass is 10.1. The summed E-state index contributed by atoms with van der Waals surface area (Å²) in [6, 6.07) is 12.0. The highest BCUT2D eigenvalue weighted by Gasteiger charge is 2.12. The van der Waals surface area contributed by atoms with Crippen LogP contribution in [0.1, 0.15) is 28.8 Å². The molecule has 0 fully saturated rings. The minimum Gasteiger partial charge on any atom is -0.497 e. The molecule has 28 heavy (non-hydrogen) atoms. The van der Waals surface area contributed by atoms with Crippen LogP contribution >= 0.6 is 0 Å². The molecule has 7 nitrogen and oxygen atoms in total. The van der Waals surface area contributed by atoms with Gasteiger partial charge in [-0.3, -0.25) is 14.4 Å². The second-order valence-corrected chi connectivity index (χ2v) is 6.10. The topological polar surface area (TPSA) is 90.9 Å². The summed E-state index contributed by atoms with van der Waals surface area (Å²) < 4.78 is 15.2. The Bertz CT molecular complexity index is 822. The Morgan fingerprint density at radius 3 is 2.07 bits per heavy atom. The molecule has 2 aromatic rings. The second kappa shape index (κ2) is 10.1. The van der Waals surface area contributed by atoms with Gasteiger partial charge in [-0.1, -0.05) is 29.8 Å². The van der Waals surface area contributed by atoms with E-state index in [1.165, 1.54) is 14.2 Å². The van der Waals surface area contributed by atoms with Gasteiger partial charge in [0, 0.05) is 35.9 Å². The maximum Gasteiger partial charge on any atom is 0.306 e. The first-order valence-corrected chi connectivity index (χ1v) is 8.69. The van der Waals surface area contributed by atoms with Crippen LogP contribution in [-0.2, 0) is 14.3 Å². The van der Waals surface area contributed by atoms with Crippen molar-refractivity contribution in [2.75, 3.05) is 26.1 Å². The van der Waals surface area contributed by atoms with Gasteiger partial charge in [-0.05, 0) is 6.92 Å². The van der Waals surface area contributed by atoms with Crippen molar-refractivity contribution in [3.8, 4) is 11.5 Å². The highest BCUT2D eigenvalue weighted by molar-refractivity contribution is 5.98. The Morgan fingerprint density at radius 1 is 0.893 bits per heavy atom. The van der Waals surface area contributed by atoms with E-state index in [4.69, 9.17) is 14.2 Å². The molecule has 0 unspecified atom stereocenters. The number of carbonyl (C=O) groups excluding carboxylic acids is 3. The van der Waals surface area contributed by atoms with Crippen LogP contribution in [0.25, 0.3) is 0 Å². The summed E-state index contributed by atoms with van der Waals surface area (Å²) in [5.74, 6) is -0.236. The highest BCUT2D eigenvalue weighted by atomic mass is 16.5.